The van der Waals surface area contributed by atoms with Crippen LogP contribution in [0.2, 0.25) is 0 Å². The molecule has 0 radical (unpaired) electrons. The fourth-order valence-electron chi connectivity index (χ4n) is 4.13. The fraction of sp³-hybridized carbons (Fsp3) is 0.682. The zero-order valence-corrected chi connectivity index (χ0v) is 17.4. The lowest BCUT2D eigenvalue weighted by molar-refractivity contribution is -0.143. The number of aryl methyl sites for hydroxylation is 2. The number of nitrogens with zero attached hydrogens (tertiary/aromatic N) is 2. The number of rotatable bonds is 6. The predicted molar refractivity (Wildman–Crippen MR) is 109 cm³/mol. The Morgan fingerprint density at radius 1 is 1.18 bits per heavy atom. The number of hydrogen-bond donors (Lipinski definition) is 1. The molecule has 0 aliphatic carbocycles. The number of aliphatic hydroxyl groups excluding tert-OH is 1. The maximum atomic E-state index is 13.0. The van der Waals surface area contributed by atoms with Gasteiger partial charge in [-0.25, -0.2) is 0 Å². The summed E-state index contributed by atoms with van der Waals surface area (Å²) >= 11 is 0. The second-order valence-electron chi connectivity index (χ2n) is 8.06. The van der Waals surface area contributed by atoms with Crippen molar-refractivity contribution in [2.75, 3.05) is 46.0 Å². The van der Waals surface area contributed by atoms with Gasteiger partial charge in [-0.15, -0.1) is 0 Å². The number of carbonyl (C=O) groups is 1. The molecule has 0 saturated carbocycles. The van der Waals surface area contributed by atoms with Crippen LogP contribution in [-0.2, 0) is 9.53 Å². The molecule has 0 bridgehead atoms. The summed E-state index contributed by atoms with van der Waals surface area (Å²) in [6.07, 6.45) is 2.36. The summed E-state index contributed by atoms with van der Waals surface area (Å²) in [5, 5.41) is 10.6. The molecule has 2 unspecified atom stereocenters. The number of aliphatic hydroxyl groups is 1. The quantitative estimate of drug-likeness (QED) is 0.806. The van der Waals surface area contributed by atoms with E-state index >= 15 is 0 Å². The van der Waals surface area contributed by atoms with Crippen molar-refractivity contribution >= 4 is 5.91 Å². The largest absolute Gasteiger partial charge is 0.490 e. The van der Waals surface area contributed by atoms with Gasteiger partial charge in [0, 0.05) is 19.6 Å². The number of carbonyl (C=O) groups excluding carboxylic acids is 1. The first-order valence-corrected chi connectivity index (χ1v) is 10.5. The molecule has 0 spiro atoms. The third kappa shape index (κ3) is 5.04. The van der Waals surface area contributed by atoms with Gasteiger partial charge in [0.25, 0.3) is 0 Å². The predicted octanol–water partition coefficient (Wildman–Crippen LogP) is 2.06. The molecule has 1 N–H and O–H groups in total. The molecule has 6 nitrogen and oxygen atoms in total. The zero-order chi connectivity index (χ0) is 20.1. The van der Waals surface area contributed by atoms with Crippen molar-refractivity contribution in [2.24, 2.45) is 0 Å². The topological polar surface area (TPSA) is 62.2 Å². The van der Waals surface area contributed by atoms with Crippen molar-refractivity contribution in [3.8, 4) is 5.75 Å². The molecule has 6 heteroatoms. The third-order valence-electron chi connectivity index (χ3n) is 5.96. The van der Waals surface area contributed by atoms with Gasteiger partial charge in [0.1, 0.15) is 18.5 Å². The van der Waals surface area contributed by atoms with Crippen molar-refractivity contribution in [2.45, 2.75) is 52.2 Å². The highest BCUT2D eigenvalue weighted by atomic mass is 16.5. The number of hydrogen-bond acceptors (Lipinski definition) is 5. The normalized spacial score (nSPS) is 22.1. The molecule has 2 aliphatic heterocycles. The van der Waals surface area contributed by atoms with Crippen LogP contribution >= 0.6 is 0 Å². The summed E-state index contributed by atoms with van der Waals surface area (Å²) in [6, 6.07) is 4.00. The average Bonchev–Trinajstić information content (AvgIpc) is 2.71. The van der Waals surface area contributed by atoms with Crippen molar-refractivity contribution in [1.82, 2.24) is 9.80 Å². The maximum Gasteiger partial charge on any atom is 0.240 e. The first-order valence-electron chi connectivity index (χ1n) is 10.5. The van der Waals surface area contributed by atoms with E-state index in [4.69, 9.17) is 9.47 Å². The molecule has 2 heterocycles. The Balaban J connectivity index is 1.57. The number of β-amino-alcohol motifs (C(OH)–C–C–N with tert-alkyl or cyclic N) is 1. The van der Waals surface area contributed by atoms with Crippen LogP contribution in [0.3, 0.4) is 0 Å². The van der Waals surface area contributed by atoms with Crippen molar-refractivity contribution in [3.05, 3.63) is 28.8 Å². The van der Waals surface area contributed by atoms with Crippen LogP contribution in [0.15, 0.2) is 12.1 Å². The minimum atomic E-state index is -0.627. The van der Waals surface area contributed by atoms with E-state index in [1.54, 1.807) is 0 Å². The number of morpholine rings is 1. The highest BCUT2D eigenvalue weighted by Gasteiger charge is 2.33. The second-order valence-corrected chi connectivity index (χ2v) is 8.06. The molecule has 1 amide bonds. The summed E-state index contributed by atoms with van der Waals surface area (Å²) in [5.41, 5.74) is 3.38. The molecule has 2 saturated heterocycles. The molecule has 1 aromatic rings. The van der Waals surface area contributed by atoms with Gasteiger partial charge < -0.3 is 19.5 Å². The zero-order valence-electron chi connectivity index (χ0n) is 17.4. The monoisotopic (exact) mass is 390 g/mol. The van der Waals surface area contributed by atoms with E-state index in [1.807, 2.05) is 24.8 Å². The van der Waals surface area contributed by atoms with Crippen LogP contribution in [0.25, 0.3) is 0 Å². The standard InChI is InChI=1S/C22H34N2O4/c1-16-7-8-17(2)21(18(16)3)28-15-19(25)14-24-9-5-4-6-20(24)22(26)23-10-12-27-13-11-23/h7-8,19-20,25H,4-6,9-15H2,1-3H3. The summed E-state index contributed by atoms with van der Waals surface area (Å²) in [6.45, 7) is 10.2. The molecular formula is C22H34N2O4. The number of amides is 1. The van der Waals surface area contributed by atoms with Crippen LogP contribution in [0.5, 0.6) is 5.75 Å². The molecule has 28 heavy (non-hydrogen) atoms. The SMILES string of the molecule is Cc1ccc(C)c(OCC(O)CN2CCCCC2C(=O)N2CCOCC2)c1C. The Morgan fingerprint density at radius 2 is 1.89 bits per heavy atom. The van der Waals surface area contributed by atoms with Gasteiger partial charge in [-0.1, -0.05) is 18.6 Å². The lowest BCUT2D eigenvalue weighted by Crippen LogP contribution is -2.55. The van der Waals surface area contributed by atoms with Crippen LogP contribution in [0, 0.1) is 20.8 Å². The smallest absolute Gasteiger partial charge is 0.240 e. The molecule has 2 atom stereocenters. The highest BCUT2D eigenvalue weighted by molar-refractivity contribution is 5.82. The van der Waals surface area contributed by atoms with E-state index in [1.165, 1.54) is 5.56 Å². The van der Waals surface area contributed by atoms with Crippen LogP contribution in [-0.4, -0.2) is 79.0 Å². The molecule has 2 aliphatic rings. The lowest BCUT2D eigenvalue weighted by atomic mass is 10.00. The molecule has 0 aromatic heterocycles. The van der Waals surface area contributed by atoms with E-state index in [0.717, 1.165) is 42.7 Å². The number of likely N-dealkylation sites (tertiary alicyclic amines) is 1. The Hall–Kier alpha value is -1.63. The molecular weight excluding hydrogens is 356 g/mol. The van der Waals surface area contributed by atoms with Crippen LogP contribution in [0.4, 0.5) is 0 Å². The van der Waals surface area contributed by atoms with E-state index in [0.29, 0.717) is 32.8 Å². The van der Waals surface area contributed by atoms with Gasteiger partial charge in [-0.2, -0.15) is 0 Å². The minimum absolute atomic E-state index is 0.135. The summed E-state index contributed by atoms with van der Waals surface area (Å²) in [7, 11) is 0. The number of ether oxygens (including phenoxy) is 2. The Morgan fingerprint density at radius 3 is 2.64 bits per heavy atom. The van der Waals surface area contributed by atoms with Crippen molar-refractivity contribution in [3.63, 3.8) is 0 Å². The van der Waals surface area contributed by atoms with Crippen molar-refractivity contribution < 1.29 is 19.4 Å². The van der Waals surface area contributed by atoms with Gasteiger partial charge in [-0.05, 0) is 56.8 Å². The number of piperidine rings is 1. The molecule has 156 valence electrons. The van der Waals surface area contributed by atoms with Crippen molar-refractivity contribution in [1.29, 1.82) is 0 Å². The first kappa shape index (κ1) is 21.1. The molecule has 2 fully saturated rings. The summed E-state index contributed by atoms with van der Waals surface area (Å²) < 4.78 is 11.3. The molecule has 3 rings (SSSR count). The van der Waals surface area contributed by atoms with E-state index in [9.17, 15) is 9.90 Å². The average molecular weight is 391 g/mol. The minimum Gasteiger partial charge on any atom is -0.490 e. The van der Waals surface area contributed by atoms with Crippen LogP contribution in [0.1, 0.15) is 36.0 Å². The third-order valence-corrected chi connectivity index (χ3v) is 5.96. The summed E-state index contributed by atoms with van der Waals surface area (Å²) in [4.78, 5) is 17.0. The van der Waals surface area contributed by atoms with Gasteiger partial charge in [0.05, 0.1) is 19.3 Å². The Labute approximate surface area is 168 Å². The Kier molecular flexibility index (Phi) is 7.32. The summed E-state index contributed by atoms with van der Waals surface area (Å²) in [5.74, 6) is 1.04. The van der Waals surface area contributed by atoms with E-state index in [-0.39, 0.29) is 18.6 Å². The van der Waals surface area contributed by atoms with Gasteiger partial charge >= 0.3 is 0 Å². The van der Waals surface area contributed by atoms with Gasteiger partial charge in [-0.3, -0.25) is 9.69 Å². The highest BCUT2D eigenvalue weighted by Crippen LogP contribution is 2.26. The van der Waals surface area contributed by atoms with Gasteiger partial charge in [0.15, 0.2) is 0 Å². The Bertz CT molecular complexity index is 673. The maximum absolute atomic E-state index is 13.0. The number of benzene rings is 1. The lowest BCUT2D eigenvalue weighted by Gasteiger charge is -2.39. The van der Waals surface area contributed by atoms with Crippen LogP contribution < -0.4 is 4.74 Å². The van der Waals surface area contributed by atoms with Gasteiger partial charge in [0.2, 0.25) is 5.91 Å². The van der Waals surface area contributed by atoms with E-state index in [2.05, 4.69) is 17.9 Å². The first-order chi connectivity index (χ1) is 13.5. The van der Waals surface area contributed by atoms with E-state index < -0.39 is 6.10 Å². The fourth-order valence-corrected chi connectivity index (χ4v) is 4.13. The second kappa shape index (κ2) is 9.72. The molecule has 1 aromatic carbocycles.